The Bertz CT molecular complexity index is 192. The van der Waals surface area contributed by atoms with Gasteiger partial charge in [0.15, 0.2) is 0 Å². The first-order valence-electron chi connectivity index (χ1n) is 3.88. The third-order valence-electron chi connectivity index (χ3n) is 1.64. The Kier molecular flexibility index (Phi) is 2.36. The van der Waals surface area contributed by atoms with E-state index in [0.717, 1.165) is 6.42 Å². The second-order valence-electron chi connectivity index (χ2n) is 4.23. The van der Waals surface area contributed by atoms with Crippen molar-refractivity contribution in [3.8, 4) is 0 Å². The van der Waals surface area contributed by atoms with Gasteiger partial charge in [0, 0.05) is 6.42 Å². The molecule has 64 valence electrons. The zero-order valence-corrected chi connectivity index (χ0v) is 9.73. The van der Waals surface area contributed by atoms with E-state index in [0.29, 0.717) is 0 Å². The topological polar surface area (TPSA) is 9.23 Å². The third-order valence-corrected chi connectivity index (χ3v) is 2.33. The first-order valence-corrected chi connectivity index (χ1v) is 4.96. The molecule has 2 heteroatoms. The molecule has 0 N–H and O–H groups in total. The van der Waals surface area contributed by atoms with E-state index in [-0.39, 0.29) is 11.2 Å². The van der Waals surface area contributed by atoms with Crippen LogP contribution in [0.4, 0.5) is 0 Å². The number of hydrogen-bond donors (Lipinski definition) is 0. The van der Waals surface area contributed by atoms with Crippen LogP contribution in [0.5, 0.6) is 0 Å². The van der Waals surface area contributed by atoms with Crippen LogP contribution in [0.15, 0.2) is 9.66 Å². The van der Waals surface area contributed by atoms with Crippen LogP contribution in [0.3, 0.4) is 0 Å². The van der Waals surface area contributed by atoms with Gasteiger partial charge in [-0.05, 0) is 59.9 Å². The van der Waals surface area contributed by atoms with Gasteiger partial charge < -0.3 is 4.74 Å². The Balaban J connectivity index is 2.86. The van der Waals surface area contributed by atoms with Gasteiger partial charge >= 0.3 is 0 Å². The summed E-state index contributed by atoms with van der Waals surface area (Å²) in [6, 6.07) is 0. The van der Waals surface area contributed by atoms with E-state index in [1.807, 2.05) is 0 Å². The van der Waals surface area contributed by atoms with Crippen LogP contribution in [0, 0.1) is 0 Å². The van der Waals surface area contributed by atoms with Crippen LogP contribution in [-0.2, 0) is 4.74 Å². The largest absolute Gasteiger partial charge is 0.365 e. The zero-order valence-electron chi connectivity index (χ0n) is 7.57. The molecule has 0 atom stereocenters. The quantitative estimate of drug-likeness (QED) is 0.611. The SMILES string of the molecule is CC1(C)C=C(I)CC(C)(C)O1. The summed E-state index contributed by atoms with van der Waals surface area (Å²) < 4.78 is 7.26. The average molecular weight is 266 g/mol. The summed E-state index contributed by atoms with van der Waals surface area (Å²) in [6.45, 7) is 8.49. The molecular formula is C9H15IO. The standard InChI is InChI=1S/C9H15IO/c1-8(2)5-7(10)6-9(3,4)11-8/h5H,6H2,1-4H3. The summed E-state index contributed by atoms with van der Waals surface area (Å²) in [5.74, 6) is 0. The minimum absolute atomic E-state index is 0.00870. The van der Waals surface area contributed by atoms with Gasteiger partial charge in [-0.2, -0.15) is 0 Å². The maximum absolute atomic E-state index is 5.85. The molecule has 1 aliphatic heterocycles. The minimum Gasteiger partial charge on any atom is -0.365 e. The molecule has 1 nitrogen and oxygen atoms in total. The van der Waals surface area contributed by atoms with E-state index in [1.54, 1.807) is 0 Å². The number of hydrogen-bond acceptors (Lipinski definition) is 1. The highest BCUT2D eigenvalue weighted by atomic mass is 127. The van der Waals surface area contributed by atoms with E-state index in [1.165, 1.54) is 3.58 Å². The summed E-state index contributed by atoms with van der Waals surface area (Å²) >= 11 is 2.39. The van der Waals surface area contributed by atoms with E-state index >= 15 is 0 Å². The van der Waals surface area contributed by atoms with Crippen molar-refractivity contribution >= 4 is 22.6 Å². The fraction of sp³-hybridized carbons (Fsp3) is 0.778. The molecule has 0 aliphatic carbocycles. The van der Waals surface area contributed by atoms with Crippen LogP contribution in [-0.4, -0.2) is 11.2 Å². The molecule has 1 heterocycles. The summed E-state index contributed by atoms with van der Waals surface area (Å²) in [4.78, 5) is 0. The van der Waals surface area contributed by atoms with Crippen LogP contribution in [0.2, 0.25) is 0 Å². The zero-order chi connectivity index (χ0) is 8.70. The van der Waals surface area contributed by atoms with Gasteiger partial charge in [-0.25, -0.2) is 0 Å². The van der Waals surface area contributed by atoms with Gasteiger partial charge in [0.2, 0.25) is 0 Å². The smallest absolute Gasteiger partial charge is 0.0823 e. The van der Waals surface area contributed by atoms with Crippen molar-refractivity contribution in [2.45, 2.75) is 45.3 Å². The molecule has 0 aromatic rings. The van der Waals surface area contributed by atoms with Gasteiger partial charge in [0.25, 0.3) is 0 Å². The molecule has 0 aromatic heterocycles. The molecule has 1 aliphatic rings. The molecule has 1 rings (SSSR count). The number of ether oxygens (including phenoxy) is 1. The monoisotopic (exact) mass is 266 g/mol. The predicted molar refractivity (Wildman–Crippen MR) is 56.0 cm³/mol. The molecule has 0 fully saturated rings. The van der Waals surface area contributed by atoms with Gasteiger partial charge in [0.05, 0.1) is 11.2 Å². The summed E-state index contributed by atoms with van der Waals surface area (Å²) in [5.41, 5.74) is -0.0763. The third kappa shape index (κ3) is 2.75. The molecule has 0 bridgehead atoms. The Morgan fingerprint density at radius 3 is 2.27 bits per heavy atom. The number of halogens is 1. The maximum Gasteiger partial charge on any atom is 0.0823 e. The lowest BCUT2D eigenvalue weighted by Crippen LogP contribution is -2.39. The van der Waals surface area contributed by atoms with Crippen LogP contribution in [0.1, 0.15) is 34.1 Å². The van der Waals surface area contributed by atoms with E-state index < -0.39 is 0 Å². The molecule has 0 unspecified atom stereocenters. The molecular weight excluding hydrogens is 251 g/mol. The molecule has 0 saturated carbocycles. The Morgan fingerprint density at radius 1 is 1.36 bits per heavy atom. The highest BCUT2D eigenvalue weighted by molar-refractivity contribution is 14.1. The van der Waals surface area contributed by atoms with Crippen molar-refractivity contribution < 1.29 is 4.74 Å². The highest BCUT2D eigenvalue weighted by Gasteiger charge is 2.32. The fourth-order valence-electron chi connectivity index (χ4n) is 1.61. The summed E-state index contributed by atoms with van der Waals surface area (Å²) in [7, 11) is 0. The fourth-order valence-corrected chi connectivity index (χ4v) is 3.28. The second-order valence-corrected chi connectivity index (χ2v) is 5.62. The molecule has 0 amide bonds. The second kappa shape index (κ2) is 2.73. The van der Waals surface area contributed by atoms with Crippen molar-refractivity contribution in [1.29, 1.82) is 0 Å². The van der Waals surface area contributed by atoms with Crippen molar-refractivity contribution in [1.82, 2.24) is 0 Å². The van der Waals surface area contributed by atoms with E-state index in [4.69, 9.17) is 4.74 Å². The van der Waals surface area contributed by atoms with Crippen molar-refractivity contribution in [3.05, 3.63) is 9.66 Å². The molecule has 0 aromatic carbocycles. The van der Waals surface area contributed by atoms with Crippen LogP contribution in [0.25, 0.3) is 0 Å². The van der Waals surface area contributed by atoms with Crippen molar-refractivity contribution in [3.63, 3.8) is 0 Å². The van der Waals surface area contributed by atoms with Gasteiger partial charge in [-0.15, -0.1) is 0 Å². The normalized spacial score (nSPS) is 27.9. The Labute approximate surface area is 82.3 Å². The lowest BCUT2D eigenvalue weighted by Gasteiger charge is -2.38. The predicted octanol–water partition coefficient (Wildman–Crippen LogP) is 3.28. The highest BCUT2D eigenvalue weighted by Crippen LogP contribution is 2.36. The first kappa shape index (κ1) is 9.52. The first-order chi connectivity index (χ1) is 4.81. The lowest BCUT2D eigenvalue weighted by atomic mass is 9.96. The van der Waals surface area contributed by atoms with E-state index in [2.05, 4.69) is 56.4 Å². The summed E-state index contributed by atoms with van der Waals surface area (Å²) in [6.07, 6.45) is 3.23. The minimum atomic E-state index is -0.0850. The van der Waals surface area contributed by atoms with E-state index in [9.17, 15) is 0 Å². The number of rotatable bonds is 0. The molecule has 0 spiro atoms. The molecule has 0 saturated heterocycles. The van der Waals surface area contributed by atoms with Crippen LogP contribution >= 0.6 is 22.6 Å². The molecule has 11 heavy (non-hydrogen) atoms. The van der Waals surface area contributed by atoms with Crippen molar-refractivity contribution in [2.75, 3.05) is 0 Å². The van der Waals surface area contributed by atoms with Crippen LogP contribution < -0.4 is 0 Å². The van der Waals surface area contributed by atoms with Crippen molar-refractivity contribution in [2.24, 2.45) is 0 Å². The Morgan fingerprint density at radius 2 is 1.91 bits per heavy atom. The van der Waals surface area contributed by atoms with Gasteiger partial charge in [-0.3, -0.25) is 0 Å². The summed E-state index contributed by atoms with van der Waals surface area (Å²) in [5, 5.41) is 0. The molecule has 0 radical (unpaired) electrons. The lowest BCUT2D eigenvalue weighted by molar-refractivity contribution is -0.103. The van der Waals surface area contributed by atoms with Gasteiger partial charge in [-0.1, -0.05) is 0 Å². The maximum atomic E-state index is 5.85. The van der Waals surface area contributed by atoms with Gasteiger partial charge in [0.1, 0.15) is 0 Å². The Hall–Kier alpha value is 0.430. The average Bonchev–Trinajstić information content (AvgIpc) is 1.49.